The van der Waals surface area contributed by atoms with Crippen LogP contribution in [0.2, 0.25) is 0 Å². The molecule has 1 N–H and O–H groups in total. The molecular weight excluding hydrogens is 256 g/mol. The zero-order valence-electron chi connectivity index (χ0n) is 9.13. The molecule has 100 valence electrons. The van der Waals surface area contributed by atoms with Gasteiger partial charge in [-0.3, -0.25) is 10.1 Å². The molecule has 0 radical (unpaired) electrons. The van der Waals surface area contributed by atoms with E-state index in [4.69, 9.17) is 0 Å². The predicted octanol–water partition coefficient (Wildman–Crippen LogP) is 3.49. The van der Waals surface area contributed by atoms with Crippen molar-refractivity contribution in [3.05, 3.63) is 34.1 Å². The van der Waals surface area contributed by atoms with Crippen LogP contribution >= 0.6 is 0 Å². The molecule has 0 amide bonds. The molecule has 0 heterocycles. The molecule has 18 heavy (non-hydrogen) atoms. The van der Waals surface area contributed by atoms with Gasteiger partial charge in [0.15, 0.2) is 0 Å². The first kappa shape index (κ1) is 14.2. The Morgan fingerprint density at radius 1 is 1.33 bits per heavy atom. The van der Waals surface area contributed by atoms with E-state index in [9.17, 15) is 27.7 Å². The normalized spacial score (nSPS) is 11.3. The largest absolute Gasteiger partial charge is 0.389 e. The van der Waals surface area contributed by atoms with Crippen LogP contribution in [-0.4, -0.2) is 17.6 Å². The van der Waals surface area contributed by atoms with E-state index in [1.165, 1.54) is 12.1 Å². The number of rotatable bonds is 5. The second-order valence-electron chi connectivity index (χ2n) is 3.54. The minimum absolute atomic E-state index is 0.121. The molecule has 0 saturated carbocycles. The van der Waals surface area contributed by atoms with E-state index in [0.29, 0.717) is 0 Å². The van der Waals surface area contributed by atoms with Crippen molar-refractivity contribution in [3.63, 3.8) is 0 Å². The molecule has 1 rings (SSSR count). The van der Waals surface area contributed by atoms with Crippen molar-refractivity contribution >= 4 is 11.4 Å². The summed E-state index contributed by atoms with van der Waals surface area (Å²) in [6, 6.07) is 3.41. The monoisotopic (exact) mass is 266 g/mol. The number of nitro benzene ring substituents is 1. The smallest absolute Gasteiger partial charge is 0.379 e. The average molecular weight is 266 g/mol. The zero-order valence-corrected chi connectivity index (χ0v) is 9.13. The van der Waals surface area contributed by atoms with Gasteiger partial charge in [0, 0.05) is 13.0 Å². The number of hydrogen-bond acceptors (Lipinski definition) is 3. The van der Waals surface area contributed by atoms with Crippen molar-refractivity contribution in [1.29, 1.82) is 0 Å². The van der Waals surface area contributed by atoms with Crippen LogP contribution in [0.5, 0.6) is 0 Å². The van der Waals surface area contributed by atoms with Gasteiger partial charge in [0.1, 0.15) is 5.69 Å². The summed E-state index contributed by atoms with van der Waals surface area (Å²) in [6.45, 7) is -0.121. The number of nitrogens with one attached hydrogen (secondary N) is 1. The Labute approximate surface area is 99.8 Å². The van der Waals surface area contributed by atoms with Crippen LogP contribution in [-0.2, 0) is 0 Å². The molecule has 1 aromatic rings. The van der Waals surface area contributed by atoms with Crippen LogP contribution < -0.4 is 5.32 Å². The Kier molecular flexibility index (Phi) is 4.46. The molecule has 0 atom stereocenters. The Bertz CT molecular complexity index is 434. The lowest BCUT2D eigenvalue weighted by molar-refractivity contribution is -0.386. The Morgan fingerprint density at radius 2 is 2.00 bits per heavy atom. The number of nitro groups is 1. The summed E-state index contributed by atoms with van der Waals surface area (Å²) < 4.78 is 48.7. The van der Waals surface area contributed by atoms with E-state index in [2.05, 4.69) is 5.32 Å². The molecule has 0 aliphatic rings. The van der Waals surface area contributed by atoms with Gasteiger partial charge >= 0.3 is 11.9 Å². The minimum atomic E-state index is -4.27. The van der Waals surface area contributed by atoms with Crippen LogP contribution in [0.3, 0.4) is 0 Å². The Balaban J connectivity index is 2.63. The second-order valence-corrected chi connectivity index (χ2v) is 3.54. The molecule has 0 bridgehead atoms. The highest BCUT2D eigenvalue weighted by Gasteiger charge is 2.26. The van der Waals surface area contributed by atoms with Crippen LogP contribution in [0.15, 0.2) is 18.2 Å². The highest BCUT2D eigenvalue weighted by Crippen LogP contribution is 2.27. The summed E-state index contributed by atoms with van der Waals surface area (Å²) in [4.78, 5) is 9.66. The van der Waals surface area contributed by atoms with Gasteiger partial charge in [-0.25, -0.2) is 0 Å². The van der Waals surface area contributed by atoms with Crippen molar-refractivity contribution in [3.8, 4) is 0 Å². The van der Waals surface area contributed by atoms with Crippen molar-refractivity contribution < 1.29 is 22.5 Å². The summed E-state index contributed by atoms with van der Waals surface area (Å²) in [5.74, 6) is -1.03. The molecular formula is C10H10F4N2O2. The molecule has 0 spiro atoms. The predicted molar refractivity (Wildman–Crippen MR) is 56.8 cm³/mol. The lowest BCUT2D eigenvalue weighted by Crippen LogP contribution is -2.11. The first-order chi connectivity index (χ1) is 8.31. The van der Waals surface area contributed by atoms with Crippen LogP contribution in [0.4, 0.5) is 28.9 Å². The zero-order chi connectivity index (χ0) is 13.8. The quantitative estimate of drug-likeness (QED) is 0.384. The molecule has 0 unspecified atom stereocenters. The first-order valence-corrected chi connectivity index (χ1v) is 5.05. The van der Waals surface area contributed by atoms with E-state index >= 15 is 0 Å². The topological polar surface area (TPSA) is 55.2 Å². The highest BCUT2D eigenvalue weighted by atomic mass is 19.4. The number of para-hydroxylation sites is 1. The molecule has 0 fully saturated rings. The number of hydrogen-bond donors (Lipinski definition) is 1. The van der Waals surface area contributed by atoms with Gasteiger partial charge in [-0.05, 0) is 18.6 Å². The highest BCUT2D eigenvalue weighted by molar-refractivity contribution is 5.61. The molecule has 4 nitrogen and oxygen atoms in total. The summed E-state index contributed by atoms with van der Waals surface area (Å²) >= 11 is 0. The molecule has 1 aromatic carbocycles. The van der Waals surface area contributed by atoms with E-state index in [1.54, 1.807) is 0 Å². The van der Waals surface area contributed by atoms with Crippen molar-refractivity contribution in [2.45, 2.75) is 19.0 Å². The number of anilines is 1. The van der Waals surface area contributed by atoms with Crippen molar-refractivity contribution in [1.82, 2.24) is 0 Å². The third-order valence-electron chi connectivity index (χ3n) is 2.12. The van der Waals surface area contributed by atoms with Crippen LogP contribution in [0.1, 0.15) is 12.8 Å². The maximum atomic E-state index is 13.1. The summed E-state index contributed by atoms with van der Waals surface area (Å²) in [7, 11) is 0. The number of benzene rings is 1. The molecule has 0 aliphatic heterocycles. The molecule has 0 aromatic heterocycles. The third kappa shape index (κ3) is 4.19. The fraction of sp³-hybridized carbons (Fsp3) is 0.400. The lowest BCUT2D eigenvalue weighted by atomic mass is 10.2. The SMILES string of the molecule is O=[N+]([O-])c1c(F)cccc1NCCCC(F)(F)F. The van der Waals surface area contributed by atoms with Gasteiger partial charge < -0.3 is 5.32 Å². The van der Waals surface area contributed by atoms with Crippen LogP contribution in [0, 0.1) is 15.9 Å². The van der Waals surface area contributed by atoms with Gasteiger partial charge in [-0.15, -0.1) is 0 Å². The average Bonchev–Trinajstić information content (AvgIpc) is 2.22. The van der Waals surface area contributed by atoms with Gasteiger partial charge in [0.05, 0.1) is 4.92 Å². The summed E-state index contributed by atoms with van der Waals surface area (Å²) in [5, 5.41) is 13.0. The Morgan fingerprint density at radius 3 is 2.56 bits per heavy atom. The number of alkyl halides is 3. The molecule has 8 heteroatoms. The Hall–Kier alpha value is -1.86. The maximum Gasteiger partial charge on any atom is 0.389 e. The van der Waals surface area contributed by atoms with Gasteiger partial charge in [0.2, 0.25) is 5.82 Å². The fourth-order valence-corrected chi connectivity index (χ4v) is 1.36. The lowest BCUT2D eigenvalue weighted by Gasteiger charge is -2.08. The van der Waals surface area contributed by atoms with Crippen molar-refractivity contribution in [2.75, 3.05) is 11.9 Å². The second kappa shape index (κ2) is 5.65. The van der Waals surface area contributed by atoms with E-state index < -0.39 is 29.0 Å². The van der Waals surface area contributed by atoms with E-state index in [0.717, 1.165) is 6.07 Å². The standard InChI is InChI=1S/C10H10F4N2O2/c11-7-3-1-4-8(9(7)16(17)18)15-6-2-5-10(12,13)14/h1,3-4,15H,2,5-6H2. The van der Waals surface area contributed by atoms with Gasteiger partial charge in [-0.2, -0.15) is 17.6 Å². The van der Waals surface area contributed by atoms with Gasteiger partial charge in [-0.1, -0.05) is 6.07 Å². The fourth-order valence-electron chi connectivity index (χ4n) is 1.36. The molecule has 0 saturated heterocycles. The van der Waals surface area contributed by atoms with Gasteiger partial charge in [0.25, 0.3) is 0 Å². The van der Waals surface area contributed by atoms with Crippen LogP contribution in [0.25, 0.3) is 0 Å². The maximum absolute atomic E-state index is 13.1. The molecule has 0 aliphatic carbocycles. The minimum Gasteiger partial charge on any atom is -0.379 e. The third-order valence-corrected chi connectivity index (χ3v) is 2.12. The summed E-state index contributed by atoms with van der Waals surface area (Å²) in [5.41, 5.74) is -0.883. The number of nitrogens with zero attached hydrogens (tertiary/aromatic N) is 1. The van der Waals surface area contributed by atoms with E-state index in [-0.39, 0.29) is 18.7 Å². The van der Waals surface area contributed by atoms with Crippen molar-refractivity contribution in [2.24, 2.45) is 0 Å². The first-order valence-electron chi connectivity index (χ1n) is 5.05. The van der Waals surface area contributed by atoms with E-state index in [1.807, 2.05) is 0 Å². The number of halogens is 4. The summed E-state index contributed by atoms with van der Waals surface area (Å²) in [6.07, 6.45) is -5.50.